The van der Waals surface area contributed by atoms with Crippen molar-refractivity contribution >= 4 is 28.5 Å². The number of furan rings is 1. The Balaban J connectivity index is 1.42. The van der Waals surface area contributed by atoms with E-state index in [-0.39, 0.29) is 17.8 Å². The average Bonchev–Trinajstić information content (AvgIpc) is 3.37. The van der Waals surface area contributed by atoms with Gasteiger partial charge >= 0.3 is 6.18 Å². The summed E-state index contributed by atoms with van der Waals surface area (Å²) >= 11 is 0. The molecule has 0 radical (unpaired) electrons. The van der Waals surface area contributed by atoms with Crippen LogP contribution in [0.5, 0.6) is 0 Å². The largest absolute Gasteiger partial charge is 0.445 e. The summed E-state index contributed by atoms with van der Waals surface area (Å²) in [7, 11) is 0. The van der Waals surface area contributed by atoms with Crippen molar-refractivity contribution in [3.05, 3.63) is 71.5 Å². The van der Waals surface area contributed by atoms with Crippen molar-refractivity contribution < 1.29 is 26.8 Å². The summed E-state index contributed by atoms with van der Waals surface area (Å²) in [5.41, 5.74) is 8.27. The number of carbonyl (C=O) groups is 1. The van der Waals surface area contributed by atoms with E-state index in [1.807, 2.05) is 6.07 Å². The number of benzene rings is 2. The minimum absolute atomic E-state index is 0.0299. The number of amides is 1. The molecule has 0 atom stereocenters. The number of nitrogen functional groups attached to an aromatic ring is 1. The smallest absolute Gasteiger partial charge is 0.416 e. The van der Waals surface area contributed by atoms with Crippen LogP contribution in [0.15, 0.2) is 53.4 Å². The van der Waals surface area contributed by atoms with E-state index in [4.69, 9.17) is 10.2 Å². The van der Waals surface area contributed by atoms with E-state index in [2.05, 4.69) is 9.97 Å². The second-order valence-electron chi connectivity index (χ2n) is 7.75. The molecule has 0 saturated heterocycles. The van der Waals surface area contributed by atoms with Gasteiger partial charge in [0.2, 0.25) is 11.6 Å². The van der Waals surface area contributed by atoms with Crippen LogP contribution in [-0.2, 0) is 23.8 Å². The van der Waals surface area contributed by atoms with E-state index in [0.29, 0.717) is 35.8 Å². The molecule has 3 heterocycles. The van der Waals surface area contributed by atoms with Crippen molar-refractivity contribution in [1.82, 2.24) is 9.97 Å². The van der Waals surface area contributed by atoms with Crippen LogP contribution in [0.25, 0.3) is 22.2 Å². The number of halogens is 4. The maximum atomic E-state index is 13.7. The summed E-state index contributed by atoms with van der Waals surface area (Å²) < 4.78 is 58.1. The number of rotatable bonds is 3. The van der Waals surface area contributed by atoms with Gasteiger partial charge < -0.3 is 15.1 Å². The Labute approximate surface area is 184 Å². The lowest BCUT2D eigenvalue weighted by Gasteiger charge is -2.18. The highest BCUT2D eigenvalue weighted by Crippen LogP contribution is 2.37. The Morgan fingerprint density at radius 3 is 2.76 bits per heavy atom. The monoisotopic (exact) mass is 456 g/mol. The zero-order chi connectivity index (χ0) is 23.3. The molecule has 0 saturated carbocycles. The highest BCUT2D eigenvalue weighted by Gasteiger charge is 2.32. The molecule has 2 aromatic carbocycles. The Bertz CT molecular complexity index is 1400. The number of alkyl halides is 3. The molecule has 1 aliphatic heterocycles. The zero-order valence-electron chi connectivity index (χ0n) is 17.0. The topological polar surface area (TPSA) is 85.2 Å². The van der Waals surface area contributed by atoms with Crippen molar-refractivity contribution in [2.45, 2.75) is 19.0 Å². The summed E-state index contributed by atoms with van der Waals surface area (Å²) in [5.74, 6) is -1.16. The first-order chi connectivity index (χ1) is 15.7. The fourth-order valence-electron chi connectivity index (χ4n) is 4.13. The summed E-state index contributed by atoms with van der Waals surface area (Å²) in [4.78, 5) is 22.4. The van der Waals surface area contributed by atoms with E-state index in [1.165, 1.54) is 17.5 Å². The molecule has 0 spiro atoms. The molecular weight excluding hydrogens is 440 g/mol. The van der Waals surface area contributed by atoms with Gasteiger partial charge in [0.05, 0.1) is 17.4 Å². The first-order valence-corrected chi connectivity index (χ1v) is 9.99. The van der Waals surface area contributed by atoms with E-state index in [0.717, 1.165) is 28.8 Å². The molecular formula is C23H16F4N4O2. The maximum absolute atomic E-state index is 13.7. The molecule has 4 aromatic rings. The molecule has 0 fully saturated rings. The molecule has 0 bridgehead atoms. The van der Waals surface area contributed by atoms with Crippen LogP contribution in [0.1, 0.15) is 16.7 Å². The first-order valence-electron chi connectivity index (χ1n) is 9.99. The lowest BCUT2D eigenvalue weighted by molar-refractivity contribution is -0.137. The van der Waals surface area contributed by atoms with Crippen molar-refractivity contribution in [2.75, 3.05) is 17.2 Å². The quantitative estimate of drug-likeness (QED) is 0.449. The van der Waals surface area contributed by atoms with Gasteiger partial charge in [-0.15, -0.1) is 0 Å². The lowest BCUT2D eigenvalue weighted by atomic mass is 10.0. The summed E-state index contributed by atoms with van der Waals surface area (Å²) in [5, 5.41) is 0.593. The maximum Gasteiger partial charge on any atom is 0.416 e. The number of anilines is 2. The van der Waals surface area contributed by atoms with Crippen molar-refractivity contribution in [3.63, 3.8) is 0 Å². The van der Waals surface area contributed by atoms with E-state index in [1.54, 1.807) is 12.1 Å². The van der Waals surface area contributed by atoms with E-state index >= 15 is 0 Å². The van der Waals surface area contributed by atoms with Gasteiger partial charge in [0.1, 0.15) is 24.2 Å². The van der Waals surface area contributed by atoms with Crippen molar-refractivity contribution in [1.29, 1.82) is 0 Å². The van der Waals surface area contributed by atoms with Crippen molar-refractivity contribution in [2.24, 2.45) is 0 Å². The lowest BCUT2D eigenvalue weighted by Crippen LogP contribution is -2.30. The third kappa shape index (κ3) is 3.77. The minimum Gasteiger partial charge on any atom is -0.445 e. The number of hydrogen-bond acceptors (Lipinski definition) is 5. The molecule has 10 heteroatoms. The van der Waals surface area contributed by atoms with Gasteiger partial charge in [0.25, 0.3) is 0 Å². The Morgan fingerprint density at radius 2 is 1.97 bits per heavy atom. The molecule has 2 N–H and O–H groups in total. The third-order valence-electron chi connectivity index (χ3n) is 5.63. The van der Waals surface area contributed by atoms with Gasteiger partial charge in [-0.25, -0.2) is 14.4 Å². The van der Waals surface area contributed by atoms with Crippen LogP contribution in [0.4, 0.5) is 29.1 Å². The van der Waals surface area contributed by atoms with Crippen LogP contribution in [0.3, 0.4) is 0 Å². The van der Waals surface area contributed by atoms with Gasteiger partial charge in [-0.1, -0.05) is 6.07 Å². The standard InChI is InChI=1S/C23H16F4N4O2/c24-16-6-12(5-15(9-16)23(25,26)27)7-19(32)31-4-3-14-8-13(1-2-18(14)31)17-10-33-22-20(17)21(28)29-11-30-22/h1-2,5-6,8-11H,3-4,7H2,(H2,28,29,30). The number of aromatic nitrogens is 2. The van der Waals surface area contributed by atoms with E-state index in [9.17, 15) is 22.4 Å². The number of nitrogens with two attached hydrogens (primary N) is 1. The number of nitrogens with zero attached hydrogens (tertiary/aromatic N) is 3. The second kappa shape index (κ2) is 7.58. The zero-order valence-corrected chi connectivity index (χ0v) is 17.0. The minimum atomic E-state index is -4.69. The summed E-state index contributed by atoms with van der Waals surface area (Å²) in [6, 6.07) is 7.63. The number of fused-ring (bicyclic) bond motifs is 2. The number of hydrogen-bond donors (Lipinski definition) is 1. The van der Waals surface area contributed by atoms with Crippen LogP contribution in [0, 0.1) is 5.82 Å². The molecule has 5 rings (SSSR count). The third-order valence-corrected chi connectivity index (χ3v) is 5.63. The molecule has 168 valence electrons. The number of carbonyl (C=O) groups excluding carboxylic acids is 1. The van der Waals surface area contributed by atoms with Gasteiger partial charge in [-0.3, -0.25) is 4.79 Å². The Hall–Kier alpha value is -3.95. The summed E-state index contributed by atoms with van der Waals surface area (Å²) in [6.45, 7) is 0.371. The fourth-order valence-corrected chi connectivity index (χ4v) is 4.13. The van der Waals surface area contributed by atoms with Gasteiger partial charge in [0, 0.05) is 17.8 Å². The van der Waals surface area contributed by atoms with Crippen molar-refractivity contribution in [3.8, 4) is 11.1 Å². The van der Waals surface area contributed by atoms with Crippen LogP contribution < -0.4 is 10.6 Å². The van der Waals surface area contributed by atoms with Gasteiger partial charge in [0.15, 0.2) is 0 Å². The highest BCUT2D eigenvalue weighted by atomic mass is 19.4. The second-order valence-corrected chi connectivity index (χ2v) is 7.75. The molecule has 6 nitrogen and oxygen atoms in total. The van der Waals surface area contributed by atoms with Gasteiger partial charge in [-0.05, 0) is 53.4 Å². The predicted octanol–water partition coefficient (Wildman–Crippen LogP) is 4.76. The normalized spacial score (nSPS) is 13.5. The molecule has 1 amide bonds. The highest BCUT2D eigenvalue weighted by molar-refractivity contribution is 6.00. The average molecular weight is 456 g/mol. The van der Waals surface area contributed by atoms with Crippen LogP contribution >= 0.6 is 0 Å². The molecule has 0 aliphatic carbocycles. The molecule has 0 unspecified atom stereocenters. The predicted molar refractivity (Wildman–Crippen MR) is 113 cm³/mol. The molecule has 33 heavy (non-hydrogen) atoms. The first kappa shape index (κ1) is 20.9. The van der Waals surface area contributed by atoms with Gasteiger partial charge in [-0.2, -0.15) is 13.2 Å². The van der Waals surface area contributed by atoms with Crippen LogP contribution in [-0.4, -0.2) is 22.4 Å². The Morgan fingerprint density at radius 1 is 1.15 bits per heavy atom. The fraction of sp³-hybridized carbons (Fsp3) is 0.174. The Kier molecular flexibility index (Phi) is 4.80. The molecule has 1 aliphatic rings. The SMILES string of the molecule is Nc1ncnc2occ(-c3ccc4c(c3)CCN4C(=O)Cc3cc(F)cc(C(F)(F)F)c3)c12. The summed E-state index contributed by atoms with van der Waals surface area (Å²) in [6.07, 6.45) is -1.62. The van der Waals surface area contributed by atoms with Crippen LogP contribution in [0.2, 0.25) is 0 Å². The molecule has 2 aromatic heterocycles. The van der Waals surface area contributed by atoms with E-state index < -0.39 is 23.5 Å².